The summed E-state index contributed by atoms with van der Waals surface area (Å²) < 4.78 is 35.2. The highest BCUT2D eigenvalue weighted by Crippen LogP contribution is 2.19. The van der Waals surface area contributed by atoms with E-state index in [4.69, 9.17) is 4.74 Å². The Morgan fingerprint density at radius 1 is 1.33 bits per heavy atom. The SMILES string of the molecule is CC(C/C1=C/C=C\C(Br)=C/CC=C1)n1cnn(CC(CNC(=O)OC(C)(C)C)=C(F)F)c1=O. The summed E-state index contributed by atoms with van der Waals surface area (Å²) in [7, 11) is 0. The lowest BCUT2D eigenvalue weighted by molar-refractivity contribution is 0.0531. The van der Waals surface area contributed by atoms with Crippen LogP contribution in [0.2, 0.25) is 0 Å². The normalized spacial score (nSPS) is 19.1. The van der Waals surface area contributed by atoms with Gasteiger partial charge in [-0.2, -0.15) is 13.9 Å². The Hall–Kier alpha value is -2.75. The predicted octanol–water partition coefficient (Wildman–Crippen LogP) is 5.39. The Bertz CT molecular complexity index is 1050. The molecule has 0 saturated heterocycles. The molecule has 0 aliphatic heterocycles. The largest absolute Gasteiger partial charge is 0.444 e. The first kappa shape index (κ1) is 26.5. The maximum absolute atomic E-state index is 13.4. The lowest BCUT2D eigenvalue weighted by atomic mass is 10.1. The number of alkyl carbamates (subject to hydrolysis) is 1. The minimum absolute atomic E-state index is 0.241. The molecule has 0 aromatic carbocycles. The van der Waals surface area contributed by atoms with Crippen molar-refractivity contribution in [2.45, 2.75) is 58.7 Å². The third-order valence-electron chi connectivity index (χ3n) is 4.56. The molecule has 1 aromatic rings. The molecule has 1 N–H and O–H groups in total. The summed E-state index contributed by atoms with van der Waals surface area (Å²) >= 11 is 3.46. The van der Waals surface area contributed by atoms with Crippen LogP contribution in [-0.4, -0.2) is 32.6 Å². The van der Waals surface area contributed by atoms with Gasteiger partial charge in [0, 0.05) is 22.6 Å². The van der Waals surface area contributed by atoms with E-state index in [0.717, 1.165) is 21.2 Å². The minimum Gasteiger partial charge on any atom is -0.444 e. The van der Waals surface area contributed by atoms with E-state index in [9.17, 15) is 18.4 Å². The second-order valence-electron chi connectivity index (χ2n) is 8.58. The van der Waals surface area contributed by atoms with Gasteiger partial charge in [0.1, 0.15) is 11.9 Å². The summed E-state index contributed by atoms with van der Waals surface area (Å²) in [4.78, 5) is 24.5. The molecule has 33 heavy (non-hydrogen) atoms. The van der Waals surface area contributed by atoms with Crippen molar-refractivity contribution in [1.82, 2.24) is 19.7 Å². The fraction of sp³-hybridized carbons (Fsp3) is 0.435. The Morgan fingerprint density at radius 3 is 2.73 bits per heavy atom. The molecule has 0 bridgehead atoms. The van der Waals surface area contributed by atoms with Crippen molar-refractivity contribution in [2.75, 3.05) is 6.54 Å². The molecular weight excluding hydrogens is 498 g/mol. The molecule has 0 saturated carbocycles. The Kier molecular flexibility index (Phi) is 9.57. The number of carbonyl (C=O) groups excluding carboxylic acids is 1. The van der Waals surface area contributed by atoms with Crippen molar-refractivity contribution in [2.24, 2.45) is 0 Å². The number of aromatic nitrogens is 3. The van der Waals surface area contributed by atoms with Crippen LogP contribution in [0.5, 0.6) is 0 Å². The van der Waals surface area contributed by atoms with Gasteiger partial charge in [-0.3, -0.25) is 4.57 Å². The van der Waals surface area contributed by atoms with Gasteiger partial charge in [-0.05, 0) is 52.2 Å². The van der Waals surface area contributed by atoms with Crippen LogP contribution in [0.3, 0.4) is 0 Å². The monoisotopic (exact) mass is 526 g/mol. The van der Waals surface area contributed by atoms with Crippen molar-refractivity contribution in [3.63, 3.8) is 0 Å². The van der Waals surface area contributed by atoms with Crippen LogP contribution in [0.4, 0.5) is 13.6 Å². The number of allylic oxidation sites excluding steroid dienone is 8. The molecule has 1 aliphatic carbocycles. The van der Waals surface area contributed by atoms with Gasteiger partial charge in [0.2, 0.25) is 0 Å². The van der Waals surface area contributed by atoms with E-state index >= 15 is 0 Å². The zero-order chi connectivity index (χ0) is 24.6. The molecule has 2 rings (SSSR count). The smallest absolute Gasteiger partial charge is 0.407 e. The van der Waals surface area contributed by atoms with Gasteiger partial charge in [0.15, 0.2) is 0 Å². The lowest BCUT2D eigenvalue weighted by Crippen LogP contribution is -2.35. The van der Waals surface area contributed by atoms with Gasteiger partial charge in [0.05, 0.1) is 6.54 Å². The van der Waals surface area contributed by atoms with Crippen LogP contribution in [0, 0.1) is 0 Å². The van der Waals surface area contributed by atoms with Crippen LogP contribution in [0.1, 0.15) is 46.6 Å². The standard InChI is InChI=1S/C23H29BrF2N4O3/c1-16(12-17-8-5-6-10-19(24)11-7-9-17)29-15-28-30(22(29)32)14-18(20(25)26)13-27-21(31)33-23(2,3)4/h5,7-11,15-16H,6,12-14H2,1-4H3,(H,27,31)/b8-5?,11-7-,17-9+,19-10+. The first-order valence-corrected chi connectivity index (χ1v) is 11.3. The highest BCUT2D eigenvalue weighted by molar-refractivity contribution is 9.11. The maximum Gasteiger partial charge on any atom is 0.407 e. The van der Waals surface area contributed by atoms with Crippen LogP contribution < -0.4 is 11.0 Å². The Balaban J connectivity index is 2.08. The van der Waals surface area contributed by atoms with Crippen molar-refractivity contribution in [1.29, 1.82) is 0 Å². The van der Waals surface area contributed by atoms with E-state index in [1.807, 2.05) is 43.4 Å². The summed E-state index contributed by atoms with van der Waals surface area (Å²) in [6.07, 6.45) is 11.8. The predicted molar refractivity (Wildman–Crippen MR) is 127 cm³/mol. The van der Waals surface area contributed by atoms with Crippen molar-refractivity contribution < 1.29 is 18.3 Å². The van der Waals surface area contributed by atoms with Gasteiger partial charge >= 0.3 is 11.8 Å². The Morgan fingerprint density at radius 2 is 2.06 bits per heavy atom. The third-order valence-corrected chi connectivity index (χ3v) is 5.15. The molecule has 10 heteroatoms. The number of nitrogens with zero attached hydrogens (tertiary/aromatic N) is 3. The van der Waals surface area contributed by atoms with E-state index in [-0.39, 0.29) is 6.04 Å². The zero-order valence-electron chi connectivity index (χ0n) is 19.1. The van der Waals surface area contributed by atoms with E-state index < -0.39 is 42.1 Å². The van der Waals surface area contributed by atoms with Gasteiger partial charge in [-0.25, -0.2) is 14.3 Å². The second kappa shape index (κ2) is 11.9. The molecule has 180 valence electrons. The molecule has 0 spiro atoms. The Labute approximate surface area is 200 Å². The summed E-state index contributed by atoms with van der Waals surface area (Å²) in [6, 6.07) is -0.241. The molecule has 1 aromatic heterocycles. The van der Waals surface area contributed by atoms with Crippen LogP contribution in [0.25, 0.3) is 0 Å². The average Bonchev–Trinajstić information content (AvgIpc) is 3.10. The van der Waals surface area contributed by atoms with Crippen molar-refractivity contribution >= 4 is 22.0 Å². The maximum atomic E-state index is 13.4. The molecule has 1 unspecified atom stereocenters. The van der Waals surface area contributed by atoms with Crippen molar-refractivity contribution in [3.8, 4) is 0 Å². The van der Waals surface area contributed by atoms with Crippen LogP contribution in [0.15, 0.2) is 69.3 Å². The van der Waals surface area contributed by atoms with Gasteiger partial charge in [-0.1, -0.05) is 46.3 Å². The number of nitrogens with one attached hydrogen (secondary N) is 1. The number of hydrogen-bond acceptors (Lipinski definition) is 4. The van der Waals surface area contributed by atoms with Gasteiger partial charge in [0.25, 0.3) is 6.08 Å². The fourth-order valence-electron chi connectivity index (χ4n) is 2.98. The number of carbonyl (C=O) groups is 1. The molecule has 1 amide bonds. The van der Waals surface area contributed by atoms with Crippen LogP contribution in [-0.2, 0) is 11.3 Å². The zero-order valence-corrected chi connectivity index (χ0v) is 20.7. The minimum atomic E-state index is -1.98. The van der Waals surface area contributed by atoms with Gasteiger partial charge < -0.3 is 10.1 Å². The van der Waals surface area contributed by atoms with E-state index in [1.165, 1.54) is 10.9 Å². The summed E-state index contributed by atoms with van der Waals surface area (Å²) in [6.45, 7) is 5.97. The third kappa shape index (κ3) is 8.95. The number of hydrogen-bond donors (Lipinski definition) is 1. The average molecular weight is 527 g/mol. The number of ether oxygens (including phenoxy) is 1. The molecule has 1 aliphatic rings. The molecule has 7 nitrogen and oxygen atoms in total. The first-order chi connectivity index (χ1) is 15.5. The topological polar surface area (TPSA) is 78.2 Å². The van der Waals surface area contributed by atoms with Crippen molar-refractivity contribution in [3.05, 3.63) is 75.0 Å². The highest BCUT2D eigenvalue weighted by atomic mass is 79.9. The van der Waals surface area contributed by atoms with E-state index in [2.05, 4.69) is 26.3 Å². The molecular formula is C23H29BrF2N4O3. The van der Waals surface area contributed by atoms with Crippen LogP contribution >= 0.6 is 15.9 Å². The fourth-order valence-corrected chi connectivity index (χ4v) is 3.32. The van der Waals surface area contributed by atoms with E-state index in [0.29, 0.717) is 6.42 Å². The summed E-state index contributed by atoms with van der Waals surface area (Å²) in [5.41, 5.74) is -0.667. The number of amides is 1. The quantitative estimate of drug-likeness (QED) is 0.516. The lowest BCUT2D eigenvalue weighted by Gasteiger charge is -2.19. The highest BCUT2D eigenvalue weighted by Gasteiger charge is 2.19. The van der Waals surface area contributed by atoms with Gasteiger partial charge in [-0.15, -0.1) is 0 Å². The summed E-state index contributed by atoms with van der Waals surface area (Å²) in [5, 5.41) is 6.27. The second-order valence-corrected chi connectivity index (χ2v) is 9.49. The summed E-state index contributed by atoms with van der Waals surface area (Å²) in [5.74, 6) is 0. The molecule has 0 fully saturated rings. The molecule has 1 heterocycles. The number of halogens is 3. The first-order valence-electron chi connectivity index (χ1n) is 10.5. The number of rotatable bonds is 7. The van der Waals surface area contributed by atoms with E-state index in [1.54, 1.807) is 20.8 Å². The molecule has 1 atom stereocenters. The molecule has 0 radical (unpaired) electrons.